The summed E-state index contributed by atoms with van der Waals surface area (Å²) in [4.78, 5) is 0. The first-order valence-electron chi connectivity index (χ1n) is 8.50. The molecule has 1 aliphatic carbocycles. The summed E-state index contributed by atoms with van der Waals surface area (Å²) in [7, 11) is 0. The van der Waals surface area contributed by atoms with Crippen molar-refractivity contribution < 1.29 is 9.47 Å². The Morgan fingerprint density at radius 1 is 1.13 bits per heavy atom. The molecule has 2 nitrogen and oxygen atoms in total. The van der Waals surface area contributed by atoms with Gasteiger partial charge in [-0.1, -0.05) is 25.1 Å². The van der Waals surface area contributed by atoms with Crippen molar-refractivity contribution in [3.8, 4) is 5.75 Å². The van der Waals surface area contributed by atoms with Crippen molar-refractivity contribution >= 4 is 23.2 Å². The van der Waals surface area contributed by atoms with Crippen LogP contribution in [0.3, 0.4) is 0 Å². The van der Waals surface area contributed by atoms with E-state index in [2.05, 4.69) is 39.8 Å². The van der Waals surface area contributed by atoms with E-state index in [-0.39, 0.29) is 29.1 Å². The lowest BCUT2D eigenvalue weighted by Gasteiger charge is -2.52. The Morgan fingerprint density at radius 3 is 2.43 bits per heavy atom. The van der Waals surface area contributed by atoms with Gasteiger partial charge in [-0.15, -0.1) is 23.2 Å². The fraction of sp³-hybridized carbons (Fsp3) is 0.684. The quantitative estimate of drug-likeness (QED) is 0.617. The summed E-state index contributed by atoms with van der Waals surface area (Å²) in [6, 6.07) is 8.23. The van der Waals surface area contributed by atoms with Crippen molar-refractivity contribution in [2.24, 2.45) is 17.8 Å². The van der Waals surface area contributed by atoms with Crippen molar-refractivity contribution in [1.82, 2.24) is 0 Å². The minimum atomic E-state index is -0.651. The van der Waals surface area contributed by atoms with E-state index in [1.807, 2.05) is 12.1 Å². The highest BCUT2D eigenvalue weighted by atomic mass is 35.5. The van der Waals surface area contributed by atoms with Crippen molar-refractivity contribution in [1.29, 1.82) is 0 Å². The Morgan fingerprint density at radius 2 is 1.78 bits per heavy atom. The molecule has 5 atom stereocenters. The van der Waals surface area contributed by atoms with Gasteiger partial charge in [0.05, 0.1) is 11.7 Å². The summed E-state index contributed by atoms with van der Waals surface area (Å²) >= 11 is 12.9. The van der Waals surface area contributed by atoms with E-state index in [1.54, 1.807) is 0 Å². The molecule has 2 fully saturated rings. The Bertz CT molecular complexity index is 642. The van der Waals surface area contributed by atoms with Crippen LogP contribution in [0.15, 0.2) is 24.3 Å². The Labute approximate surface area is 148 Å². The van der Waals surface area contributed by atoms with Gasteiger partial charge in [0.2, 0.25) is 0 Å². The van der Waals surface area contributed by atoms with E-state index in [4.69, 9.17) is 32.7 Å². The Hall–Kier alpha value is -0.440. The molecule has 126 valence electrons. The third kappa shape index (κ3) is 2.25. The highest BCUT2D eigenvalue weighted by molar-refractivity contribution is 6.51. The highest BCUT2D eigenvalue weighted by Gasteiger charge is 2.69. The average molecular weight is 355 g/mol. The van der Waals surface area contributed by atoms with Gasteiger partial charge in [0.1, 0.15) is 15.7 Å². The zero-order valence-corrected chi connectivity index (χ0v) is 15.6. The SMILES string of the molecule is C[C@H]1[C@H]([C@@]2(C)CC[C@@H]3[C@@H](O2)c2ccccc2OC3(C)C)C1(Cl)Cl. The summed E-state index contributed by atoms with van der Waals surface area (Å²) < 4.78 is 12.3. The number of rotatable bonds is 1. The van der Waals surface area contributed by atoms with Crippen LogP contribution in [0, 0.1) is 17.8 Å². The maximum atomic E-state index is 6.72. The second kappa shape index (κ2) is 4.80. The number of ether oxygens (including phenoxy) is 2. The van der Waals surface area contributed by atoms with Gasteiger partial charge in [-0.05, 0) is 45.6 Å². The van der Waals surface area contributed by atoms with Crippen molar-refractivity contribution in [2.45, 2.75) is 62.2 Å². The monoisotopic (exact) mass is 354 g/mol. The third-order valence-corrected chi connectivity index (χ3v) is 7.43. The first-order chi connectivity index (χ1) is 10.7. The first kappa shape index (κ1) is 16.1. The van der Waals surface area contributed by atoms with Crippen molar-refractivity contribution in [3.05, 3.63) is 29.8 Å². The molecule has 4 heteroatoms. The minimum absolute atomic E-state index is 0.0469. The number of hydrogen-bond acceptors (Lipinski definition) is 2. The van der Waals surface area contributed by atoms with E-state index >= 15 is 0 Å². The summed E-state index contributed by atoms with van der Waals surface area (Å²) in [5.74, 6) is 1.75. The molecule has 1 aromatic rings. The van der Waals surface area contributed by atoms with Crippen molar-refractivity contribution in [3.63, 3.8) is 0 Å². The van der Waals surface area contributed by atoms with Crippen LogP contribution in [-0.4, -0.2) is 15.5 Å². The normalized spacial score (nSPS) is 43.0. The first-order valence-corrected chi connectivity index (χ1v) is 9.26. The highest BCUT2D eigenvalue weighted by Crippen LogP contribution is 2.67. The second-order valence-electron chi connectivity index (χ2n) is 8.18. The van der Waals surface area contributed by atoms with Gasteiger partial charge in [-0.25, -0.2) is 0 Å². The summed E-state index contributed by atoms with van der Waals surface area (Å²) in [5.41, 5.74) is 0.657. The molecule has 4 rings (SSSR count). The predicted molar refractivity (Wildman–Crippen MR) is 93.2 cm³/mol. The van der Waals surface area contributed by atoms with E-state index in [9.17, 15) is 0 Å². The van der Waals surface area contributed by atoms with Crippen LogP contribution >= 0.6 is 23.2 Å². The minimum Gasteiger partial charge on any atom is -0.487 e. The van der Waals surface area contributed by atoms with Crippen LogP contribution in [0.5, 0.6) is 5.75 Å². The Balaban J connectivity index is 1.71. The van der Waals surface area contributed by atoms with E-state index in [0.717, 1.165) is 24.2 Å². The Kier molecular flexibility index (Phi) is 3.35. The zero-order valence-electron chi connectivity index (χ0n) is 14.1. The number of fused-ring (bicyclic) bond motifs is 3. The molecule has 1 saturated heterocycles. The zero-order chi connectivity index (χ0) is 16.6. The molecule has 2 aliphatic heterocycles. The van der Waals surface area contributed by atoms with Gasteiger partial charge in [0, 0.05) is 17.4 Å². The van der Waals surface area contributed by atoms with E-state index in [0.29, 0.717) is 5.92 Å². The summed E-state index contributed by atoms with van der Waals surface area (Å²) in [6.07, 6.45) is 2.08. The molecule has 0 N–H and O–H groups in total. The molecule has 2 heterocycles. The molecule has 1 aromatic carbocycles. The van der Waals surface area contributed by atoms with Crippen LogP contribution in [-0.2, 0) is 4.74 Å². The van der Waals surface area contributed by atoms with Crippen LogP contribution < -0.4 is 4.74 Å². The van der Waals surface area contributed by atoms with Gasteiger partial charge < -0.3 is 9.47 Å². The molecule has 1 saturated carbocycles. The van der Waals surface area contributed by atoms with E-state index in [1.165, 1.54) is 0 Å². The molecule has 0 radical (unpaired) electrons. The maximum absolute atomic E-state index is 6.72. The third-order valence-electron chi connectivity index (χ3n) is 6.28. The lowest BCUT2D eigenvalue weighted by Crippen LogP contribution is -2.52. The molecule has 0 amide bonds. The molecule has 23 heavy (non-hydrogen) atoms. The predicted octanol–water partition coefficient (Wildman–Crippen LogP) is 5.52. The second-order valence-corrected chi connectivity index (χ2v) is 9.62. The van der Waals surface area contributed by atoms with Crippen LogP contribution in [0.1, 0.15) is 52.2 Å². The molecule has 0 spiro atoms. The molecular weight excluding hydrogens is 331 g/mol. The average Bonchev–Trinajstić information content (AvgIpc) is 2.97. The van der Waals surface area contributed by atoms with Gasteiger partial charge >= 0.3 is 0 Å². The van der Waals surface area contributed by atoms with E-state index < -0.39 is 4.33 Å². The smallest absolute Gasteiger partial charge is 0.127 e. The van der Waals surface area contributed by atoms with Gasteiger partial charge in [-0.2, -0.15) is 0 Å². The standard InChI is InChI=1S/C19H24Cl2O2/c1-11-16(19(11,20)21)18(4)10-9-13-15(23-18)12-7-5-6-8-14(12)22-17(13,2)3/h5-8,11,13,15-16H,9-10H2,1-4H3/t11-,13+,15-,16+,18+/m0/s1. The molecule has 0 aromatic heterocycles. The number of hydrogen-bond donors (Lipinski definition) is 0. The lowest BCUT2D eigenvalue weighted by atomic mass is 9.72. The van der Waals surface area contributed by atoms with Gasteiger partial charge in [0.25, 0.3) is 0 Å². The van der Waals surface area contributed by atoms with Gasteiger partial charge in [0.15, 0.2) is 0 Å². The molecule has 3 aliphatic rings. The number of halogens is 2. The number of benzene rings is 1. The van der Waals surface area contributed by atoms with Gasteiger partial charge in [-0.3, -0.25) is 0 Å². The largest absolute Gasteiger partial charge is 0.487 e. The van der Waals surface area contributed by atoms with Crippen LogP contribution in [0.2, 0.25) is 0 Å². The van der Waals surface area contributed by atoms with Crippen LogP contribution in [0.25, 0.3) is 0 Å². The molecular formula is C19H24Cl2O2. The maximum Gasteiger partial charge on any atom is 0.127 e. The van der Waals surface area contributed by atoms with Crippen LogP contribution in [0.4, 0.5) is 0 Å². The molecule has 0 unspecified atom stereocenters. The number of para-hydroxylation sites is 1. The summed E-state index contributed by atoms with van der Waals surface area (Å²) in [5, 5.41) is 0. The fourth-order valence-corrected chi connectivity index (χ4v) is 5.79. The molecule has 0 bridgehead atoms. The summed E-state index contributed by atoms with van der Waals surface area (Å²) in [6.45, 7) is 8.63. The topological polar surface area (TPSA) is 18.5 Å². The lowest BCUT2D eigenvalue weighted by molar-refractivity contribution is -0.199. The fourth-order valence-electron chi connectivity index (χ4n) is 4.83. The van der Waals surface area contributed by atoms with Crippen molar-refractivity contribution in [2.75, 3.05) is 0 Å². The number of alkyl halides is 2.